The third-order valence-corrected chi connectivity index (χ3v) is 3.65. The summed E-state index contributed by atoms with van der Waals surface area (Å²) < 4.78 is 0. The first-order valence-electron chi connectivity index (χ1n) is 7.03. The summed E-state index contributed by atoms with van der Waals surface area (Å²) in [7, 11) is 0. The molecule has 4 rings (SSSR count). The van der Waals surface area contributed by atoms with E-state index in [2.05, 4.69) is 48.6 Å². The number of para-hydroxylation sites is 2. The maximum atomic E-state index is 5.39. The number of hydrogen-bond acceptors (Lipinski definition) is 2. The molecule has 0 aliphatic heterocycles. The monoisotopic (exact) mass is 274 g/mol. The van der Waals surface area contributed by atoms with Crippen molar-refractivity contribution >= 4 is 28.2 Å². The van der Waals surface area contributed by atoms with Gasteiger partial charge in [0.15, 0.2) is 0 Å². The first-order chi connectivity index (χ1) is 10.3. The molecule has 0 saturated heterocycles. The highest BCUT2D eigenvalue weighted by Crippen LogP contribution is 2.27. The minimum atomic E-state index is 0.646. The maximum absolute atomic E-state index is 5.39. The van der Waals surface area contributed by atoms with Crippen molar-refractivity contribution in [2.45, 2.75) is 6.42 Å². The van der Waals surface area contributed by atoms with Gasteiger partial charge in [0.25, 0.3) is 0 Å². The molecule has 0 fully saturated rings. The molecule has 104 valence electrons. The zero-order valence-electron chi connectivity index (χ0n) is 11.8. The molecule has 3 aromatic rings. The van der Waals surface area contributed by atoms with Crippen LogP contribution < -0.4 is 11.5 Å². The van der Waals surface area contributed by atoms with Crippen LogP contribution in [0.2, 0.25) is 0 Å². The van der Waals surface area contributed by atoms with Crippen LogP contribution in [0.4, 0.5) is 11.4 Å². The van der Waals surface area contributed by atoms with Crippen LogP contribution >= 0.6 is 0 Å². The second-order valence-electron chi connectivity index (χ2n) is 5.10. The van der Waals surface area contributed by atoms with E-state index >= 15 is 0 Å². The van der Waals surface area contributed by atoms with Gasteiger partial charge in [-0.3, -0.25) is 0 Å². The predicted octanol–water partition coefficient (Wildman–Crippen LogP) is 4.26. The average Bonchev–Trinajstić information content (AvgIpc) is 2.52. The summed E-state index contributed by atoms with van der Waals surface area (Å²) in [5, 5.41) is 2.80. The summed E-state index contributed by atoms with van der Waals surface area (Å²) >= 11 is 0. The summed E-state index contributed by atoms with van der Waals surface area (Å²) in [6, 6.07) is 20.3. The van der Waals surface area contributed by atoms with Crippen LogP contribution in [-0.2, 0) is 6.42 Å². The lowest BCUT2D eigenvalue weighted by Crippen LogP contribution is -1.91. The van der Waals surface area contributed by atoms with E-state index in [0.717, 1.165) is 6.42 Å². The van der Waals surface area contributed by atoms with Gasteiger partial charge < -0.3 is 11.5 Å². The van der Waals surface area contributed by atoms with Crippen molar-refractivity contribution in [3.05, 3.63) is 77.9 Å². The molecule has 0 amide bonds. The smallest absolute Gasteiger partial charge is 0.0547 e. The molecular formula is C19H18N2. The number of benzene rings is 3. The fourth-order valence-electron chi connectivity index (χ4n) is 2.58. The van der Waals surface area contributed by atoms with Crippen LogP contribution in [0.15, 0.2) is 66.7 Å². The summed E-state index contributed by atoms with van der Waals surface area (Å²) in [4.78, 5) is 0. The predicted molar refractivity (Wildman–Crippen MR) is 92.0 cm³/mol. The summed E-state index contributed by atoms with van der Waals surface area (Å²) in [5.41, 5.74) is 14.9. The van der Waals surface area contributed by atoms with E-state index < -0.39 is 0 Å². The topological polar surface area (TPSA) is 52.0 Å². The second-order valence-corrected chi connectivity index (χ2v) is 5.10. The van der Waals surface area contributed by atoms with Crippen molar-refractivity contribution in [1.82, 2.24) is 0 Å². The highest BCUT2D eigenvalue weighted by Gasteiger charge is 2.06. The fraction of sp³-hybridized carbons (Fsp3) is 0.0526. The fourth-order valence-corrected chi connectivity index (χ4v) is 2.58. The molecule has 0 saturated carbocycles. The van der Waals surface area contributed by atoms with E-state index in [1.807, 2.05) is 12.1 Å². The molecule has 1 aliphatic rings. The van der Waals surface area contributed by atoms with E-state index in [4.69, 9.17) is 11.5 Å². The molecule has 0 atom stereocenters. The van der Waals surface area contributed by atoms with Gasteiger partial charge >= 0.3 is 0 Å². The van der Waals surface area contributed by atoms with Gasteiger partial charge in [-0.2, -0.15) is 0 Å². The van der Waals surface area contributed by atoms with Gasteiger partial charge in [-0.25, -0.2) is 0 Å². The molecule has 4 N–H and O–H groups in total. The zero-order chi connectivity index (χ0) is 14.7. The van der Waals surface area contributed by atoms with Gasteiger partial charge in [0.2, 0.25) is 0 Å². The van der Waals surface area contributed by atoms with Crippen LogP contribution in [0.5, 0.6) is 0 Å². The molecule has 0 radical (unpaired) electrons. The van der Waals surface area contributed by atoms with E-state index in [1.165, 1.54) is 21.9 Å². The Morgan fingerprint density at radius 1 is 0.714 bits per heavy atom. The lowest BCUT2D eigenvalue weighted by Gasteiger charge is -2.11. The van der Waals surface area contributed by atoms with Crippen LogP contribution in [0.3, 0.4) is 0 Å². The number of hydrogen-bond donors (Lipinski definition) is 2. The van der Waals surface area contributed by atoms with Crippen LogP contribution in [0.25, 0.3) is 16.8 Å². The van der Waals surface area contributed by atoms with Crippen molar-refractivity contribution in [2.24, 2.45) is 0 Å². The van der Waals surface area contributed by atoms with E-state index in [9.17, 15) is 0 Å². The average molecular weight is 274 g/mol. The van der Waals surface area contributed by atoms with E-state index in [1.54, 1.807) is 12.1 Å². The molecule has 1 aliphatic carbocycles. The van der Waals surface area contributed by atoms with Crippen LogP contribution in [0, 0.1) is 0 Å². The molecule has 0 spiro atoms. The van der Waals surface area contributed by atoms with E-state index in [0.29, 0.717) is 11.4 Å². The maximum Gasteiger partial charge on any atom is 0.0547 e. The Kier molecular flexibility index (Phi) is 3.61. The van der Waals surface area contributed by atoms with Crippen LogP contribution in [-0.4, -0.2) is 0 Å². The molecule has 0 unspecified atom stereocenters. The Bertz CT molecular complexity index is 777. The highest BCUT2D eigenvalue weighted by molar-refractivity contribution is 5.94. The lowest BCUT2D eigenvalue weighted by atomic mass is 9.93. The standard InChI is InChI=1S/C13H10.C6H8N2/c1-4-10-6-2-8-12-9-3-7-11(5-1)13(10)12;7-5-3-1-2-4-6(5)8/h1-8H,9H2;1-4H,7-8H2. The van der Waals surface area contributed by atoms with E-state index in [-0.39, 0.29) is 0 Å². The largest absolute Gasteiger partial charge is 0.397 e. The summed E-state index contributed by atoms with van der Waals surface area (Å²) in [5.74, 6) is 0. The Labute approximate surface area is 124 Å². The zero-order valence-corrected chi connectivity index (χ0v) is 11.8. The number of rotatable bonds is 0. The van der Waals surface area contributed by atoms with Crippen molar-refractivity contribution in [3.8, 4) is 0 Å². The summed E-state index contributed by atoms with van der Waals surface area (Å²) in [6.07, 6.45) is 5.53. The molecule has 21 heavy (non-hydrogen) atoms. The molecule has 0 aromatic heterocycles. The Morgan fingerprint density at radius 3 is 2.05 bits per heavy atom. The van der Waals surface area contributed by atoms with Gasteiger partial charge in [-0.15, -0.1) is 0 Å². The van der Waals surface area contributed by atoms with Crippen molar-refractivity contribution in [1.29, 1.82) is 0 Å². The Hall–Kier alpha value is -2.74. The molecule has 0 heterocycles. The van der Waals surface area contributed by atoms with Gasteiger partial charge in [0, 0.05) is 0 Å². The van der Waals surface area contributed by atoms with Crippen molar-refractivity contribution in [2.75, 3.05) is 11.5 Å². The third-order valence-electron chi connectivity index (χ3n) is 3.65. The number of nitrogens with two attached hydrogens (primary N) is 2. The first-order valence-corrected chi connectivity index (χ1v) is 7.03. The van der Waals surface area contributed by atoms with Crippen molar-refractivity contribution in [3.63, 3.8) is 0 Å². The molecular weight excluding hydrogens is 256 g/mol. The quantitative estimate of drug-likeness (QED) is 0.602. The summed E-state index contributed by atoms with van der Waals surface area (Å²) in [6.45, 7) is 0. The van der Waals surface area contributed by atoms with Crippen LogP contribution in [0.1, 0.15) is 11.1 Å². The normalized spacial score (nSPS) is 11.8. The van der Waals surface area contributed by atoms with Gasteiger partial charge in [-0.05, 0) is 40.5 Å². The molecule has 3 aromatic carbocycles. The molecule has 0 bridgehead atoms. The van der Waals surface area contributed by atoms with Crippen molar-refractivity contribution < 1.29 is 0 Å². The first kappa shape index (κ1) is 13.3. The van der Waals surface area contributed by atoms with Gasteiger partial charge in [-0.1, -0.05) is 60.7 Å². The number of nitrogen functional groups attached to an aromatic ring is 2. The SMILES string of the molecule is C1=Cc2cccc3cccc(c23)C1.Nc1ccccc1N. The molecule has 2 nitrogen and oxygen atoms in total. The molecule has 2 heteroatoms. The van der Waals surface area contributed by atoms with Gasteiger partial charge in [0.05, 0.1) is 11.4 Å². The Morgan fingerprint density at radius 2 is 1.38 bits per heavy atom. The highest BCUT2D eigenvalue weighted by atomic mass is 14.7. The van der Waals surface area contributed by atoms with Gasteiger partial charge in [0.1, 0.15) is 0 Å². The Balaban J connectivity index is 0.000000143. The number of anilines is 2. The third kappa shape index (κ3) is 2.75. The number of allylic oxidation sites excluding steroid dienone is 1. The minimum absolute atomic E-state index is 0.646. The lowest BCUT2D eigenvalue weighted by molar-refractivity contribution is 1.29. The minimum Gasteiger partial charge on any atom is -0.397 e. The second kappa shape index (κ2) is 5.71.